The number of rotatable bonds is 6. The van der Waals surface area contributed by atoms with Crippen molar-refractivity contribution in [2.45, 2.75) is 25.9 Å². The van der Waals surface area contributed by atoms with Gasteiger partial charge in [-0.25, -0.2) is 0 Å². The van der Waals surface area contributed by atoms with Gasteiger partial charge >= 0.3 is 0 Å². The van der Waals surface area contributed by atoms with Crippen LogP contribution in [0.2, 0.25) is 0 Å². The summed E-state index contributed by atoms with van der Waals surface area (Å²) >= 11 is 1.70. The van der Waals surface area contributed by atoms with E-state index in [1.54, 1.807) is 35.6 Å². The molecule has 3 aromatic rings. The third kappa shape index (κ3) is 4.82. The van der Waals surface area contributed by atoms with Gasteiger partial charge in [-0.3, -0.25) is 4.79 Å². The molecule has 1 heterocycles. The summed E-state index contributed by atoms with van der Waals surface area (Å²) in [7, 11) is 0. The second-order valence-corrected chi connectivity index (χ2v) is 7.54. The van der Waals surface area contributed by atoms with Crippen LogP contribution in [-0.2, 0) is 4.79 Å². The number of hydrogen-bond acceptors (Lipinski definition) is 3. The highest BCUT2D eigenvalue weighted by Gasteiger charge is 2.25. The van der Waals surface area contributed by atoms with Crippen molar-refractivity contribution in [2.75, 3.05) is 5.32 Å². The number of anilines is 1. The molecule has 4 nitrogen and oxygen atoms in total. The van der Waals surface area contributed by atoms with Crippen LogP contribution < -0.4 is 10.6 Å². The lowest BCUT2D eigenvalue weighted by atomic mass is 10.0. The second kappa shape index (κ2) is 8.63. The number of quaternary nitrogens is 1. The van der Waals surface area contributed by atoms with Crippen molar-refractivity contribution in [3.63, 3.8) is 0 Å². The minimum atomic E-state index is -0.269. The van der Waals surface area contributed by atoms with Crippen LogP contribution in [0, 0.1) is 18.3 Å². The molecule has 136 valence electrons. The van der Waals surface area contributed by atoms with Crippen LogP contribution in [0.3, 0.4) is 0 Å². The fourth-order valence-corrected chi connectivity index (χ4v) is 3.71. The van der Waals surface area contributed by atoms with E-state index in [-0.39, 0.29) is 18.0 Å². The number of nitriles is 1. The van der Waals surface area contributed by atoms with Gasteiger partial charge in [-0.1, -0.05) is 35.9 Å². The van der Waals surface area contributed by atoms with Crippen LogP contribution in [0.5, 0.6) is 0 Å². The van der Waals surface area contributed by atoms with Gasteiger partial charge in [-0.15, -0.1) is 11.3 Å². The van der Waals surface area contributed by atoms with Gasteiger partial charge in [0.1, 0.15) is 6.04 Å². The summed E-state index contributed by atoms with van der Waals surface area (Å²) in [5, 5.41) is 16.0. The molecule has 0 saturated carbocycles. The van der Waals surface area contributed by atoms with Crippen LogP contribution in [0.1, 0.15) is 34.5 Å². The summed E-state index contributed by atoms with van der Waals surface area (Å²) in [5.74, 6) is -0.0617. The number of hydrogen-bond donors (Lipinski definition) is 2. The maximum absolute atomic E-state index is 12.7. The molecule has 0 fully saturated rings. The monoisotopic (exact) mass is 376 g/mol. The highest BCUT2D eigenvalue weighted by atomic mass is 32.1. The predicted octanol–water partition coefficient (Wildman–Crippen LogP) is 3.61. The number of nitrogens with one attached hydrogen (secondary N) is 1. The minimum Gasteiger partial charge on any atom is -0.326 e. The lowest BCUT2D eigenvalue weighted by molar-refractivity contribution is -0.703. The zero-order valence-corrected chi connectivity index (χ0v) is 16.2. The van der Waals surface area contributed by atoms with Gasteiger partial charge in [0.05, 0.1) is 16.5 Å². The molecule has 0 aliphatic rings. The number of carbonyl (C=O) groups excluding carboxylic acids is 1. The topological polar surface area (TPSA) is 69.5 Å². The Morgan fingerprint density at radius 1 is 1.11 bits per heavy atom. The van der Waals surface area contributed by atoms with Crippen LogP contribution in [0.25, 0.3) is 0 Å². The predicted molar refractivity (Wildman–Crippen MR) is 109 cm³/mol. The summed E-state index contributed by atoms with van der Waals surface area (Å²) < 4.78 is 0. The molecule has 0 aliphatic heterocycles. The fraction of sp³-hybridized carbons (Fsp3) is 0.182. The SMILES string of the molecule is Cc1ccc([C@H]([NH2+][C@@H](C)C(=O)Nc2ccc(C#N)cc2)c2cccs2)cc1. The fourth-order valence-electron chi connectivity index (χ4n) is 2.87. The van der Waals surface area contributed by atoms with E-state index in [1.807, 2.05) is 13.0 Å². The average Bonchev–Trinajstić information content (AvgIpc) is 3.22. The first-order chi connectivity index (χ1) is 13.1. The quantitative estimate of drug-likeness (QED) is 0.690. The van der Waals surface area contributed by atoms with Gasteiger partial charge in [-0.2, -0.15) is 5.26 Å². The summed E-state index contributed by atoms with van der Waals surface area (Å²) in [5.41, 5.74) is 3.67. The number of aryl methyl sites for hydroxylation is 1. The molecule has 0 bridgehead atoms. The van der Waals surface area contributed by atoms with Crippen molar-refractivity contribution < 1.29 is 10.1 Å². The Kier molecular flexibility index (Phi) is 6.02. The first-order valence-corrected chi connectivity index (χ1v) is 9.71. The van der Waals surface area contributed by atoms with Gasteiger partial charge in [0.25, 0.3) is 5.91 Å². The lowest BCUT2D eigenvalue weighted by Crippen LogP contribution is -2.92. The molecule has 0 saturated heterocycles. The van der Waals surface area contributed by atoms with Crippen molar-refractivity contribution in [1.29, 1.82) is 5.26 Å². The summed E-state index contributed by atoms with van der Waals surface area (Å²) in [4.78, 5) is 13.9. The number of benzene rings is 2. The zero-order valence-electron chi connectivity index (χ0n) is 15.3. The molecule has 3 rings (SSSR count). The Balaban J connectivity index is 1.73. The third-order valence-corrected chi connectivity index (χ3v) is 5.42. The van der Waals surface area contributed by atoms with Crippen molar-refractivity contribution in [1.82, 2.24) is 0 Å². The summed E-state index contributed by atoms with van der Waals surface area (Å²) in [6.45, 7) is 3.98. The van der Waals surface area contributed by atoms with Gasteiger partial charge in [-0.05, 0) is 49.6 Å². The lowest BCUT2D eigenvalue weighted by Gasteiger charge is -2.19. The molecule has 1 aromatic heterocycles. The van der Waals surface area contributed by atoms with Gasteiger partial charge < -0.3 is 10.6 Å². The molecule has 0 unspecified atom stereocenters. The van der Waals surface area contributed by atoms with Gasteiger partial charge in [0.2, 0.25) is 0 Å². The van der Waals surface area contributed by atoms with E-state index in [2.05, 4.69) is 59.3 Å². The Morgan fingerprint density at radius 2 is 1.81 bits per heavy atom. The third-order valence-electron chi connectivity index (χ3n) is 4.46. The smallest absolute Gasteiger partial charge is 0.282 e. The van der Waals surface area contributed by atoms with Crippen molar-refractivity contribution in [2.24, 2.45) is 0 Å². The number of amides is 1. The minimum absolute atomic E-state index is 0.0617. The molecule has 2 aromatic carbocycles. The van der Waals surface area contributed by atoms with E-state index in [4.69, 9.17) is 5.26 Å². The number of nitrogens with two attached hydrogens (primary N) is 1. The maximum Gasteiger partial charge on any atom is 0.282 e. The molecule has 3 N–H and O–H groups in total. The van der Waals surface area contributed by atoms with Crippen LogP contribution in [0.4, 0.5) is 5.69 Å². The molecule has 0 radical (unpaired) electrons. The van der Waals surface area contributed by atoms with E-state index >= 15 is 0 Å². The number of nitrogens with zero attached hydrogens (tertiary/aromatic N) is 1. The molecule has 0 spiro atoms. The molecule has 5 heteroatoms. The van der Waals surface area contributed by atoms with E-state index < -0.39 is 0 Å². The Labute approximate surface area is 163 Å². The van der Waals surface area contributed by atoms with Crippen LogP contribution >= 0.6 is 11.3 Å². The van der Waals surface area contributed by atoms with Crippen molar-refractivity contribution >= 4 is 22.9 Å². The van der Waals surface area contributed by atoms with Gasteiger partial charge in [0, 0.05) is 11.3 Å². The zero-order chi connectivity index (χ0) is 19.2. The standard InChI is InChI=1S/C22H21N3OS/c1-15-5-9-18(10-6-15)21(20-4-3-13-27-20)24-16(2)22(26)25-19-11-7-17(14-23)8-12-19/h3-13,16,21,24H,1-2H3,(H,25,26)/p+1/t16-,21-/m0/s1. The molecule has 27 heavy (non-hydrogen) atoms. The Hall–Kier alpha value is -2.94. The van der Waals surface area contributed by atoms with Crippen LogP contribution in [-0.4, -0.2) is 11.9 Å². The normalized spacial score (nSPS) is 12.8. The van der Waals surface area contributed by atoms with E-state index in [9.17, 15) is 4.79 Å². The van der Waals surface area contributed by atoms with E-state index in [0.29, 0.717) is 11.3 Å². The summed E-state index contributed by atoms with van der Waals surface area (Å²) in [6.07, 6.45) is 0. The largest absolute Gasteiger partial charge is 0.326 e. The van der Waals surface area contributed by atoms with E-state index in [0.717, 1.165) is 0 Å². The first kappa shape index (κ1) is 18.8. The molecular weight excluding hydrogens is 354 g/mol. The van der Waals surface area contributed by atoms with Crippen LogP contribution in [0.15, 0.2) is 66.0 Å². The summed E-state index contributed by atoms with van der Waals surface area (Å²) in [6, 6.07) is 21.4. The van der Waals surface area contributed by atoms with Crippen molar-refractivity contribution in [3.8, 4) is 6.07 Å². The average molecular weight is 377 g/mol. The second-order valence-electron chi connectivity index (χ2n) is 6.56. The number of thiophene rings is 1. The maximum atomic E-state index is 12.7. The highest BCUT2D eigenvalue weighted by Crippen LogP contribution is 2.23. The highest BCUT2D eigenvalue weighted by molar-refractivity contribution is 7.10. The molecule has 1 amide bonds. The van der Waals surface area contributed by atoms with Crippen molar-refractivity contribution in [3.05, 3.63) is 87.6 Å². The first-order valence-electron chi connectivity index (χ1n) is 8.83. The Bertz CT molecular complexity index is 925. The molecular formula is C22H22N3OS+. The molecule has 0 aliphatic carbocycles. The van der Waals surface area contributed by atoms with Gasteiger partial charge in [0.15, 0.2) is 6.04 Å². The van der Waals surface area contributed by atoms with E-state index in [1.165, 1.54) is 16.0 Å². The molecule has 2 atom stereocenters. The number of carbonyl (C=O) groups is 1. The Morgan fingerprint density at radius 3 is 2.41 bits per heavy atom.